The molecule has 0 bridgehead atoms. The molecule has 1 aromatic heterocycles. The molecule has 0 aliphatic carbocycles. The first-order chi connectivity index (χ1) is 7.90. The van der Waals surface area contributed by atoms with E-state index in [1.165, 1.54) is 13.3 Å². The van der Waals surface area contributed by atoms with E-state index in [0.29, 0.717) is 11.4 Å². The van der Waals surface area contributed by atoms with E-state index >= 15 is 0 Å². The van der Waals surface area contributed by atoms with Crippen molar-refractivity contribution in [2.24, 2.45) is 0 Å². The van der Waals surface area contributed by atoms with Crippen molar-refractivity contribution in [3.05, 3.63) is 18.0 Å². The van der Waals surface area contributed by atoms with Crippen LogP contribution in [0, 0.1) is 11.3 Å². The van der Waals surface area contributed by atoms with Crippen LogP contribution in [-0.2, 0) is 5.41 Å². The fourth-order valence-corrected chi connectivity index (χ4v) is 1.21. The summed E-state index contributed by atoms with van der Waals surface area (Å²) in [5.74, 6) is 0.334. The third kappa shape index (κ3) is 2.84. The molecule has 0 unspecified atom stereocenters. The number of nitriles is 1. The van der Waals surface area contributed by atoms with Crippen LogP contribution in [-0.4, -0.2) is 23.3 Å². The van der Waals surface area contributed by atoms with E-state index in [4.69, 9.17) is 15.1 Å². The molecule has 6 nitrogen and oxygen atoms in total. The van der Waals surface area contributed by atoms with E-state index < -0.39 is 11.5 Å². The van der Waals surface area contributed by atoms with Crippen molar-refractivity contribution in [2.75, 3.05) is 12.4 Å². The number of nitrogens with zero attached hydrogens (tertiary/aromatic N) is 2. The summed E-state index contributed by atoms with van der Waals surface area (Å²) in [6.07, 6.45) is 0.138. The smallest absolute Gasteiger partial charge is 0.409 e. The third-order valence-electron chi connectivity index (χ3n) is 2.25. The Bertz CT molecular complexity index is 477. The molecule has 0 saturated heterocycles. The van der Waals surface area contributed by atoms with Crippen LogP contribution < -0.4 is 10.1 Å². The highest BCUT2D eigenvalue weighted by molar-refractivity contribution is 5.84. The quantitative estimate of drug-likeness (QED) is 0.835. The fourth-order valence-electron chi connectivity index (χ4n) is 1.21. The monoisotopic (exact) mass is 235 g/mol. The van der Waals surface area contributed by atoms with Crippen LogP contribution in [0.5, 0.6) is 5.75 Å². The van der Waals surface area contributed by atoms with Crippen LogP contribution in [0.15, 0.2) is 12.3 Å². The molecule has 17 heavy (non-hydrogen) atoms. The molecule has 0 aromatic carbocycles. The zero-order valence-electron chi connectivity index (χ0n) is 9.81. The van der Waals surface area contributed by atoms with Crippen molar-refractivity contribution in [3.8, 4) is 11.8 Å². The Kier molecular flexibility index (Phi) is 3.53. The SMILES string of the molecule is COc1cc(C(C)(C)C#N)ncc1NC(=O)O. The largest absolute Gasteiger partial charge is 0.494 e. The lowest BCUT2D eigenvalue weighted by Gasteiger charge is -2.16. The summed E-state index contributed by atoms with van der Waals surface area (Å²) in [5.41, 5.74) is 0.0138. The number of rotatable bonds is 3. The maximum absolute atomic E-state index is 10.5. The predicted octanol–water partition coefficient (Wildman–Crippen LogP) is 1.98. The van der Waals surface area contributed by atoms with Gasteiger partial charge in [-0.05, 0) is 13.8 Å². The van der Waals surface area contributed by atoms with Crippen molar-refractivity contribution in [1.29, 1.82) is 5.26 Å². The van der Waals surface area contributed by atoms with Gasteiger partial charge in [0.15, 0.2) is 0 Å². The lowest BCUT2D eigenvalue weighted by atomic mass is 9.91. The molecule has 90 valence electrons. The van der Waals surface area contributed by atoms with E-state index in [2.05, 4.69) is 16.4 Å². The van der Waals surface area contributed by atoms with E-state index in [-0.39, 0.29) is 5.69 Å². The highest BCUT2D eigenvalue weighted by Gasteiger charge is 2.23. The van der Waals surface area contributed by atoms with Gasteiger partial charge in [-0.25, -0.2) is 4.79 Å². The molecule has 0 radical (unpaired) electrons. The standard InChI is InChI=1S/C11H13N3O3/c1-11(2,6-12)9-4-8(17-3)7(5-13-9)14-10(15)16/h4-5,14H,1-3H3,(H,15,16). The molecule has 0 atom stereocenters. The van der Waals surface area contributed by atoms with Gasteiger partial charge in [-0.1, -0.05) is 0 Å². The molecule has 0 fully saturated rings. The van der Waals surface area contributed by atoms with Gasteiger partial charge in [0.2, 0.25) is 0 Å². The van der Waals surface area contributed by atoms with Crippen molar-refractivity contribution >= 4 is 11.8 Å². The van der Waals surface area contributed by atoms with Crippen LogP contribution in [0.2, 0.25) is 0 Å². The van der Waals surface area contributed by atoms with Crippen LogP contribution in [0.1, 0.15) is 19.5 Å². The number of carboxylic acid groups (broad SMARTS) is 1. The molecule has 1 amide bonds. The number of hydrogen-bond donors (Lipinski definition) is 2. The lowest BCUT2D eigenvalue weighted by molar-refractivity contribution is 0.209. The normalized spacial score (nSPS) is 10.5. The zero-order valence-corrected chi connectivity index (χ0v) is 9.81. The predicted molar refractivity (Wildman–Crippen MR) is 61.1 cm³/mol. The van der Waals surface area contributed by atoms with E-state index in [1.807, 2.05) is 0 Å². The zero-order chi connectivity index (χ0) is 13.1. The van der Waals surface area contributed by atoms with Gasteiger partial charge in [0, 0.05) is 6.07 Å². The molecular formula is C11H13N3O3. The Balaban J connectivity index is 3.18. The number of methoxy groups -OCH3 is 1. The first-order valence-corrected chi connectivity index (χ1v) is 4.86. The first-order valence-electron chi connectivity index (χ1n) is 4.86. The number of ether oxygens (including phenoxy) is 1. The molecule has 0 saturated carbocycles. The summed E-state index contributed by atoms with van der Waals surface area (Å²) >= 11 is 0. The van der Waals surface area contributed by atoms with E-state index in [1.54, 1.807) is 19.9 Å². The molecule has 1 rings (SSSR count). The summed E-state index contributed by atoms with van der Waals surface area (Å²) in [5, 5.41) is 19.8. The van der Waals surface area contributed by atoms with Crippen LogP contribution >= 0.6 is 0 Å². The number of amides is 1. The summed E-state index contributed by atoms with van der Waals surface area (Å²) in [4.78, 5) is 14.6. The summed E-state index contributed by atoms with van der Waals surface area (Å²) in [6.45, 7) is 3.44. The second kappa shape index (κ2) is 4.70. The minimum atomic E-state index is -1.20. The van der Waals surface area contributed by atoms with Gasteiger partial charge < -0.3 is 9.84 Å². The average Bonchev–Trinajstić information content (AvgIpc) is 2.28. The van der Waals surface area contributed by atoms with E-state index in [0.717, 1.165) is 0 Å². The Hall–Kier alpha value is -2.29. The minimum absolute atomic E-state index is 0.248. The first kappa shape index (κ1) is 12.8. The van der Waals surface area contributed by atoms with E-state index in [9.17, 15) is 4.79 Å². The fraction of sp³-hybridized carbons (Fsp3) is 0.364. The maximum atomic E-state index is 10.5. The number of pyridine rings is 1. The Morgan fingerprint density at radius 3 is 2.76 bits per heavy atom. The summed E-state index contributed by atoms with van der Waals surface area (Å²) in [7, 11) is 1.42. The van der Waals surface area contributed by atoms with Gasteiger partial charge >= 0.3 is 6.09 Å². The van der Waals surface area contributed by atoms with Gasteiger partial charge in [0.1, 0.15) is 11.4 Å². The molecule has 2 N–H and O–H groups in total. The summed E-state index contributed by atoms with van der Waals surface area (Å²) < 4.78 is 5.05. The highest BCUT2D eigenvalue weighted by Crippen LogP contribution is 2.29. The number of aromatic nitrogens is 1. The van der Waals surface area contributed by atoms with Crippen molar-refractivity contribution in [3.63, 3.8) is 0 Å². The number of nitrogens with one attached hydrogen (secondary N) is 1. The molecule has 1 heterocycles. The van der Waals surface area contributed by atoms with Crippen molar-refractivity contribution in [2.45, 2.75) is 19.3 Å². The topological polar surface area (TPSA) is 95.2 Å². The van der Waals surface area contributed by atoms with Gasteiger partial charge in [-0.3, -0.25) is 10.3 Å². The van der Waals surface area contributed by atoms with Crippen LogP contribution in [0.25, 0.3) is 0 Å². The summed E-state index contributed by atoms with van der Waals surface area (Å²) in [6, 6.07) is 3.66. The molecular weight excluding hydrogens is 222 g/mol. The number of carbonyl (C=O) groups is 1. The average molecular weight is 235 g/mol. The minimum Gasteiger partial charge on any atom is -0.494 e. The number of anilines is 1. The Morgan fingerprint density at radius 1 is 1.65 bits per heavy atom. The Labute approximate surface area is 98.9 Å². The van der Waals surface area contributed by atoms with Crippen molar-refractivity contribution < 1.29 is 14.6 Å². The van der Waals surface area contributed by atoms with Gasteiger partial charge in [0.25, 0.3) is 0 Å². The lowest BCUT2D eigenvalue weighted by Crippen LogP contribution is -2.17. The third-order valence-corrected chi connectivity index (χ3v) is 2.25. The molecule has 0 aliphatic rings. The highest BCUT2D eigenvalue weighted by atomic mass is 16.5. The second-order valence-electron chi connectivity index (χ2n) is 3.94. The van der Waals surface area contributed by atoms with Crippen molar-refractivity contribution in [1.82, 2.24) is 4.98 Å². The van der Waals surface area contributed by atoms with Crippen LogP contribution in [0.3, 0.4) is 0 Å². The maximum Gasteiger partial charge on any atom is 0.409 e. The molecule has 6 heteroatoms. The second-order valence-corrected chi connectivity index (χ2v) is 3.94. The molecule has 0 spiro atoms. The number of hydrogen-bond acceptors (Lipinski definition) is 4. The van der Waals surface area contributed by atoms with Gasteiger partial charge in [0.05, 0.1) is 30.5 Å². The Morgan fingerprint density at radius 2 is 2.29 bits per heavy atom. The van der Waals surface area contributed by atoms with Gasteiger partial charge in [-0.2, -0.15) is 5.26 Å². The van der Waals surface area contributed by atoms with Gasteiger partial charge in [-0.15, -0.1) is 0 Å². The molecule has 1 aromatic rings. The molecule has 0 aliphatic heterocycles. The van der Waals surface area contributed by atoms with Crippen LogP contribution in [0.4, 0.5) is 10.5 Å².